The average molecular weight is 402 g/mol. The van der Waals surface area contributed by atoms with Gasteiger partial charge in [0.25, 0.3) is 0 Å². The van der Waals surface area contributed by atoms with E-state index in [0.717, 1.165) is 5.75 Å². The van der Waals surface area contributed by atoms with Crippen LogP contribution in [0.4, 0.5) is 0 Å². The molecule has 0 saturated carbocycles. The van der Waals surface area contributed by atoms with E-state index in [1.54, 1.807) is 31.4 Å². The second-order valence-electron chi connectivity index (χ2n) is 7.18. The van der Waals surface area contributed by atoms with Gasteiger partial charge in [0.05, 0.1) is 7.11 Å². The van der Waals surface area contributed by atoms with Crippen LogP contribution < -0.4 is 10.1 Å². The minimum Gasteiger partial charge on any atom is -0.497 e. The van der Waals surface area contributed by atoms with Gasteiger partial charge >= 0.3 is 0 Å². The van der Waals surface area contributed by atoms with Gasteiger partial charge < -0.3 is 10.1 Å². The minimum absolute atomic E-state index is 0.0330. The van der Waals surface area contributed by atoms with E-state index in [1.165, 1.54) is 11.1 Å². The Balaban J connectivity index is 1.50. The molecule has 0 fully saturated rings. The first-order chi connectivity index (χ1) is 14.7. The van der Waals surface area contributed by atoms with Crippen molar-refractivity contribution in [1.82, 2.24) is 5.32 Å². The van der Waals surface area contributed by atoms with Crippen molar-refractivity contribution < 1.29 is 14.3 Å². The van der Waals surface area contributed by atoms with Gasteiger partial charge in [-0.05, 0) is 41.8 Å². The van der Waals surface area contributed by atoms with E-state index in [2.05, 4.69) is 29.6 Å². The highest BCUT2D eigenvalue weighted by molar-refractivity contribution is 5.96. The number of carbonyl (C=O) groups excluding carboxylic acids is 2. The molecular weight excluding hydrogens is 374 g/mol. The van der Waals surface area contributed by atoms with E-state index in [9.17, 15) is 9.59 Å². The number of ketones is 1. The van der Waals surface area contributed by atoms with Crippen molar-refractivity contribution >= 4 is 11.7 Å². The minimum atomic E-state index is -0.0330. The van der Waals surface area contributed by atoms with Gasteiger partial charge in [0.15, 0.2) is 5.78 Å². The first-order valence-electron chi connectivity index (χ1n) is 10.2. The highest BCUT2D eigenvalue weighted by atomic mass is 16.5. The molecule has 1 N–H and O–H groups in total. The molecule has 0 aliphatic rings. The van der Waals surface area contributed by atoms with Gasteiger partial charge in [-0.25, -0.2) is 0 Å². The van der Waals surface area contributed by atoms with Gasteiger partial charge in [-0.1, -0.05) is 60.7 Å². The van der Waals surface area contributed by atoms with Crippen LogP contribution >= 0.6 is 0 Å². The summed E-state index contributed by atoms with van der Waals surface area (Å²) in [4.78, 5) is 24.7. The summed E-state index contributed by atoms with van der Waals surface area (Å²) in [5.41, 5.74) is 2.97. The zero-order chi connectivity index (χ0) is 21.2. The number of rotatable bonds is 10. The maximum atomic E-state index is 12.4. The fourth-order valence-corrected chi connectivity index (χ4v) is 3.43. The van der Waals surface area contributed by atoms with Crippen molar-refractivity contribution in [3.63, 3.8) is 0 Å². The molecular formula is C26H27NO3. The molecule has 0 bridgehead atoms. The molecule has 30 heavy (non-hydrogen) atoms. The van der Waals surface area contributed by atoms with Crippen LogP contribution in [0.2, 0.25) is 0 Å². The van der Waals surface area contributed by atoms with E-state index in [4.69, 9.17) is 4.74 Å². The van der Waals surface area contributed by atoms with Crippen LogP contribution in [0.5, 0.6) is 5.75 Å². The number of ether oxygens (including phenoxy) is 1. The zero-order valence-electron chi connectivity index (χ0n) is 17.2. The first-order valence-corrected chi connectivity index (χ1v) is 10.2. The van der Waals surface area contributed by atoms with Crippen molar-refractivity contribution in [2.45, 2.75) is 25.2 Å². The maximum absolute atomic E-state index is 12.4. The lowest BCUT2D eigenvalue weighted by molar-refractivity contribution is -0.121. The molecule has 0 aliphatic heterocycles. The standard InChI is InChI=1S/C26H27NO3/c1-30-23-17-15-22(16-18-23)25(28)13-8-14-26(29)27-19-24(20-9-4-2-5-10-20)21-11-6-3-7-12-21/h2-7,9-12,15-18,24H,8,13-14,19H2,1H3,(H,27,29). The van der Waals surface area contributed by atoms with Crippen LogP contribution in [0.3, 0.4) is 0 Å². The van der Waals surface area contributed by atoms with Crippen LogP contribution in [-0.4, -0.2) is 25.3 Å². The van der Waals surface area contributed by atoms with E-state index in [0.29, 0.717) is 31.4 Å². The molecule has 4 nitrogen and oxygen atoms in total. The van der Waals surface area contributed by atoms with Gasteiger partial charge in [0, 0.05) is 30.9 Å². The Morgan fingerprint density at radius 2 is 1.37 bits per heavy atom. The van der Waals surface area contributed by atoms with Gasteiger partial charge in [-0.3, -0.25) is 9.59 Å². The number of amides is 1. The number of hydrogen-bond acceptors (Lipinski definition) is 3. The summed E-state index contributed by atoms with van der Waals surface area (Å²) in [5.74, 6) is 0.820. The molecule has 0 aromatic heterocycles. The maximum Gasteiger partial charge on any atom is 0.220 e. The van der Waals surface area contributed by atoms with Crippen molar-refractivity contribution in [1.29, 1.82) is 0 Å². The van der Waals surface area contributed by atoms with E-state index >= 15 is 0 Å². The molecule has 0 heterocycles. The molecule has 3 rings (SSSR count). The molecule has 154 valence electrons. The van der Waals surface area contributed by atoms with Crippen molar-refractivity contribution in [3.05, 3.63) is 102 Å². The number of methoxy groups -OCH3 is 1. The molecule has 4 heteroatoms. The Morgan fingerprint density at radius 3 is 1.90 bits per heavy atom. The van der Waals surface area contributed by atoms with Crippen LogP contribution in [0.1, 0.15) is 46.7 Å². The SMILES string of the molecule is COc1ccc(C(=O)CCCC(=O)NCC(c2ccccc2)c2ccccc2)cc1. The van der Waals surface area contributed by atoms with E-state index in [-0.39, 0.29) is 17.6 Å². The van der Waals surface area contributed by atoms with Crippen LogP contribution in [0.25, 0.3) is 0 Å². The molecule has 3 aromatic carbocycles. The summed E-state index contributed by atoms with van der Waals surface area (Å²) in [6.45, 7) is 0.527. The van der Waals surface area contributed by atoms with E-state index < -0.39 is 0 Å². The second kappa shape index (κ2) is 11.0. The molecule has 0 atom stereocenters. The average Bonchev–Trinajstić information content (AvgIpc) is 2.80. The topological polar surface area (TPSA) is 55.4 Å². The van der Waals surface area contributed by atoms with Crippen molar-refractivity contribution in [2.24, 2.45) is 0 Å². The predicted molar refractivity (Wildman–Crippen MR) is 119 cm³/mol. The summed E-state index contributed by atoms with van der Waals surface area (Å²) in [6, 6.07) is 27.4. The third-order valence-electron chi connectivity index (χ3n) is 5.13. The molecule has 1 amide bonds. The Morgan fingerprint density at radius 1 is 0.800 bits per heavy atom. The molecule has 0 radical (unpaired) electrons. The predicted octanol–water partition coefficient (Wildman–Crippen LogP) is 5.00. The Labute approximate surface area is 177 Å². The first kappa shape index (κ1) is 21.3. The molecule has 0 aliphatic carbocycles. The van der Waals surface area contributed by atoms with Crippen LogP contribution in [-0.2, 0) is 4.79 Å². The summed E-state index contributed by atoms with van der Waals surface area (Å²) in [7, 11) is 1.59. The van der Waals surface area contributed by atoms with Crippen molar-refractivity contribution in [2.75, 3.05) is 13.7 Å². The normalized spacial score (nSPS) is 10.6. The van der Waals surface area contributed by atoms with Gasteiger partial charge in [0.2, 0.25) is 5.91 Å². The van der Waals surface area contributed by atoms with Gasteiger partial charge in [-0.15, -0.1) is 0 Å². The van der Waals surface area contributed by atoms with Crippen LogP contribution in [0.15, 0.2) is 84.9 Å². The van der Waals surface area contributed by atoms with Gasteiger partial charge in [0.1, 0.15) is 5.75 Å². The highest BCUT2D eigenvalue weighted by Gasteiger charge is 2.15. The molecule has 0 spiro atoms. The Hall–Kier alpha value is -3.40. The summed E-state index contributed by atoms with van der Waals surface area (Å²) < 4.78 is 5.11. The number of nitrogens with one attached hydrogen (secondary N) is 1. The van der Waals surface area contributed by atoms with E-state index in [1.807, 2.05) is 36.4 Å². The molecule has 0 unspecified atom stereocenters. The molecule has 0 saturated heterocycles. The fraction of sp³-hybridized carbons (Fsp3) is 0.231. The van der Waals surface area contributed by atoms with Gasteiger partial charge in [-0.2, -0.15) is 0 Å². The number of benzene rings is 3. The lowest BCUT2D eigenvalue weighted by Crippen LogP contribution is -2.28. The summed E-state index contributed by atoms with van der Waals surface area (Å²) in [6.07, 6.45) is 1.21. The summed E-state index contributed by atoms with van der Waals surface area (Å²) in [5, 5.41) is 3.04. The third-order valence-corrected chi connectivity index (χ3v) is 5.13. The summed E-state index contributed by atoms with van der Waals surface area (Å²) >= 11 is 0. The Bertz CT molecular complexity index is 898. The third kappa shape index (κ3) is 6.05. The fourth-order valence-electron chi connectivity index (χ4n) is 3.43. The highest BCUT2D eigenvalue weighted by Crippen LogP contribution is 2.23. The second-order valence-corrected chi connectivity index (χ2v) is 7.18. The van der Waals surface area contributed by atoms with Crippen molar-refractivity contribution in [3.8, 4) is 5.75 Å². The lowest BCUT2D eigenvalue weighted by Gasteiger charge is -2.19. The lowest BCUT2D eigenvalue weighted by atomic mass is 9.91. The zero-order valence-corrected chi connectivity index (χ0v) is 17.2. The van der Waals surface area contributed by atoms with Crippen LogP contribution in [0, 0.1) is 0 Å². The Kier molecular flexibility index (Phi) is 7.78. The smallest absolute Gasteiger partial charge is 0.220 e. The molecule has 3 aromatic rings. The number of carbonyl (C=O) groups is 2. The largest absolute Gasteiger partial charge is 0.497 e. The monoisotopic (exact) mass is 401 g/mol. The number of hydrogen-bond donors (Lipinski definition) is 1. The number of Topliss-reactive ketones (excluding diaryl/α,β-unsaturated/α-hetero) is 1. The quantitative estimate of drug-likeness (QED) is 0.487.